The van der Waals surface area contributed by atoms with E-state index < -0.39 is 24.1 Å². The number of hydrogen-bond donors (Lipinski definition) is 3. The molecular formula is C13H16N2O4. The number of aliphatic hydroxyl groups is 1. The predicted octanol–water partition coefficient (Wildman–Crippen LogP) is 1.05. The number of β-amino-alcohol motifs (C(OH)–C–C–N with tert-alkyl or cyclic N) is 1. The molecule has 1 aliphatic heterocycles. The highest BCUT2D eigenvalue weighted by Crippen LogP contribution is 2.20. The summed E-state index contributed by atoms with van der Waals surface area (Å²) in [6, 6.07) is 5.71. The summed E-state index contributed by atoms with van der Waals surface area (Å²) in [4.78, 5) is 24.2. The number of urea groups is 1. The quantitative estimate of drug-likeness (QED) is 0.744. The maximum Gasteiger partial charge on any atom is 0.326 e. The standard InChI is InChI=1S/C13H16N2O4/c1-8-2-4-9(5-3-8)14-13(19)15-7-10(16)6-11(15)12(17)18/h2-5,10-11,16H,6-7H2,1H3,(H,14,19)(H,17,18)/t10-,11-/m0/s1. The van der Waals surface area contributed by atoms with E-state index in [0.717, 1.165) is 10.5 Å². The molecule has 2 amide bonds. The Morgan fingerprint density at radius 2 is 1.95 bits per heavy atom. The second kappa shape index (κ2) is 5.27. The first-order chi connectivity index (χ1) is 8.97. The Labute approximate surface area is 110 Å². The fraction of sp³-hybridized carbons (Fsp3) is 0.385. The summed E-state index contributed by atoms with van der Waals surface area (Å²) in [6.07, 6.45) is -0.721. The SMILES string of the molecule is Cc1ccc(NC(=O)N2C[C@@H](O)C[C@H]2C(=O)O)cc1. The van der Waals surface area contributed by atoms with Crippen LogP contribution in [0.3, 0.4) is 0 Å². The zero-order chi connectivity index (χ0) is 14.0. The molecule has 0 unspecified atom stereocenters. The molecule has 1 fully saturated rings. The summed E-state index contributed by atoms with van der Waals surface area (Å²) >= 11 is 0. The smallest absolute Gasteiger partial charge is 0.326 e. The molecule has 6 nitrogen and oxygen atoms in total. The minimum Gasteiger partial charge on any atom is -0.480 e. The zero-order valence-electron chi connectivity index (χ0n) is 10.5. The Kier molecular flexibility index (Phi) is 3.71. The second-order valence-corrected chi connectivity index (χ2v) is 4.69. The molecule has 19 heavy (non-hydrogen) atoms. The lowest BCUT2D eigenvalue weighted by Gasteiger charge is -2.21. The number of anilines is 1. The van der Waals surface area contributed by atoms with Crippen molar-refractivity contribution in [3.8, 4) is 0 Å². The number of carbonyl (C=O) groups excluding carboxylic acids is 1. The molecule has 6 heteroatoms. The van der Waals surface area contributed by atoms with Crippen molar-refractivity contribution in [3.63, 3.8) is 0 Å². The Morgan fingerprint density at radius 3 is 2.53 bits per heavy atom. The molecule has 0 saturated carbocycles. The Bertz CT molecular complexity index is 486. The highest BCUT2D eigenvalue weighted by atomic mass is 16.4. The zero-order valence-corrected chi connectivity index (χ0v) is 10.5. The van der Waals surface area contributed by atoms with Gasteiger partial charge in [0, 0.05) is 18.7 Å². The number of carbonyl (C=O) groups is 2. The minimum absolute atomic E-state index is 0.0364. The van der Waals surface area contributed by atoms with Crippen molar-refractivity contribution in [2.24, 2.45) is 0 Å². The van der Waals surface area contributed by atoms with Gasteiger partial charge in [-0.2, -0.15) is 0 Å². The molecule has 2 atom stereocenters. The molecule has 3 N–H and O–H groups in total. The van der Waals surface area contributed by atoms with Crippen LogP contribution >= 0.6 is 0 Å². The maximum absolute atomic E-state index is 12.0. The van der Waals surface area contributed by atoms with Crippen LogP contribution in [0.15, 0.2) is 24.3 Å². The molecule has 102 valence electrons. The predicted molar refractivity (Wildman–Crippen MR) is 69.0 cm³/mol. The lowest BCUT2D eigenvalue weighted by Crippen LogP contribution is -2.43. The molecule has 2 rings (SSSR count). The monoisotopic (exact) mass is 264 g/mol. The number of carboxylic acid groups (broad SMARTS) is 1. The number of likely N-dealkylation sites (tertiary alicyclic amines) is 1. The van der Waals surface area contributed by atoms with Crippen molar-refractivity contribution in [2.45, 2.75) is 25.5 Å². The topological polar surface area (TPSA) is 89.9 Å². The van der Waals surface area contributed by atoms with E-state index in [4.69, 9.17) is 5.11 Å². The van der Waals surface area contributed by atoms with Crippen LogP contribution in [0, 0.1) is 6.92 Å². The van der Waals surface area contributed by atoms with Crippen LogP contribution in [-0.4, -0.2) is 45.8 Å². The number of carboxylic acids is 1. The van der Waals surface area contributed by atoms with E-state index in [0.29, 0.717) is 5.69 Å². The molecule has 0 bridgehead atoms. The van der Waals surface area contributed by atoms with Crippen LogP contribution in [0.5, 0.6) is 0 Å². The number of amides is 2. The summed E-state index contributed by atoms with van der Waals surface area (Å²) in [6.45, 7) is 1.97. The molecule has 1 saturated heterocycles. The summed E-state index contributed by atoms with van der Waals surface area (Å²) in [5.41, 5.74) is 1.67. The number of benzene rings is 1. The number of aliphatic carboxylic acids is 1. The first-order valence-corrected chi connectivity index (χ1v) is 6.02. The number of nitrogens with zero attached hydrogens (tertiary/aromatic N) is 1. The third-order valence-corrected chi connectivity index (χ3v) is 3.13. The van der Waals surface area contributed by atoms with E-state index in [-0.39, 0.29) is 13.0 Å². The van der Waals surface area contributed by atoms with Gasteiger partial charge in [-0.1, -0.05) is 17.7 Å². The van der Waals surface area contributed by atoms with Gasteiger partial charge in [0.15, 0.2) is 0 Å². The molecule has 1 heterocycles. The van der Waals surface area contributed by atoms with Gasteiger partial charge in [0.2, 0.25) is 0 Å². The summed E-state index contributed by atoms with van der Waals surface area (Å²) in [5, 5.41) is 21.1. The molecule has 1 aromatic rings. The summed E-state index contributed by atoms with van der Waals surface area (Å²) in [5.74, 6) is -1.10. The van der Waals surface area contributed by atoms with E-state index in [2.05, 4.69) is 5.32 Å². The number of rotatable bonds is 2. The van der Waals surface area contributed by atoms with Crippen molar-refractivity contribution >= 4 is 17.7 Å². The number of aliphatic hydroxyl groups excluding tert-OH is 1. The third-order valence-electron chi connectivity index (χ3n) is 3.13. The van der Waals surface area contributed by atoms with Gasteiger partial charge < -0.3 is 20.4 Å². The molecule has 0 aliphatic carbocycles. The van der Waals surface area contributed by atoms with Crippen LogP contribution in [-0.2, 0) is 4.79 Å². The maximum atomic E-state index is 12.0. The van der Waals surface area contributed by atoms with Gasteiger partial charge in [-0.3, -0.25) is 0 Å². The van der Waals surface area contributed by atoms with Crippen molar-refractivity contribution in [1.82, 2.24) is 4.90 Å². The van der Waals surface area contributed by atoms with E-state index in [9.17, 15) is 14.7 Å². The highest BCUT2D eigenvalue weighted by molar-refractivity contribution is 5.92. The first-order valence-electron chi connectivity index (χ1n) is 6.02. The van der Waals surface area contributed by atoms with Crippen molar-refractivity contribution in [3.05, 3.63) is 29.8 Å². The van der Waals surface area contributed by atoms with Gasteiger partial charge in [-0.25, -0.2) is 9.59 Å². The van der Waals surface area contributed by atoms with Gasteiger partial charge in [0.25, 0.3) is 0 Å². The van der Waals surface area contributed by atoms with Crippen LogP contribution < -0.4 is 5.32 Å². The largest absolute Gasteiger partial charge is 0.480 e. The number of nitrogens with one attached hydrogen (secondary N) is 1. The average Bonchev–Trinajstić information content (AvgIpc) is 2.74. The molecular weight excluding hydrogens is 248 g/mol. The molecule has 0 spiro atoms. The minimum atomic E-state index is -1.10. The van der Waals surface area contributed by atoms with Crippen molar-refractivity contribution in [1.29, 1.82) is 0 Å². The highest BCUT2D eigenvalue weighted by Gasteiger charge is 2.38. The number of aryl methyl sites for hydroxylation is 1. The van der Waals surface area contributed by atoms with Gasteiger partial charge in [-0.15, -0.1) is 0 Å². The average molecular weight is 264 g/mol. The fourth-order valence-corrected chi connectivity index (χ4v) is 2.10. The molecule has 1 aliphatic rings. The van der Waals surface area contributed by atoms with E-state index >= 15 is 0 Å². The van der Waals surface area contributed by atoms with Gasteiger partial charge in [0.1, 0.15) is 6.04 Å². The Balaban J connectivity index is 2.06. The van der Waals surface area contributed by atoms with Crippen LogP contribution in [0.1, 0.15) is 12.0 Å². The van der Waals surface area contributed by atoms with Gasteiger partial charge in [-0.05, 0) is 19.1 Å². The number of hydrogen-bond acceptors (Lipinski definition) is 3. The molecule has 0 radical (unpaired) electrons. The van der Waals surface area contributed by atoms with Crippen LogP contribution in [0.2, 0.25) is 0 Å². The lowest BCUT2D eigenvalue weighted by molar-refractivity contribution is -0.141. The normalized spacial score (nSPS) is 22.3. The second-order valence-electron chi connectivity index (χ2n) is 4.69. The van der Waals surface area contributed by atoms with Crippen LogP contribution in [0.25, 0.3) is 0 Å². The third kappa shape index (κ3) is 3.03. The lowest BCUT2D eigenvalue weighted by atomic mass is 10.2. The Hall–Kier alpha value is -2.08. The van der Waals surface area contributed by atoms with E-state index in [1.807, 2.05) is 19.1 Å². The van der Waals surface area contributed by atoms with Crippen molar-refractivity contribution in [2.75, 3.05) is 11.9 Å². The van der Waals surface area contributed by atoms with E-state index in [1.54, 1.807) is 12.1 Å². The van der Waals surface area contributed by atoms with E-state index in [1.165, 1.54) is 0 Å². The first kappa shape index (κ1) is 13.4. The fourth-order valence-electron chi connectivity index (χ4n) is 2.10. The van der Waals surface area contributed by atoms with Gasteiger partial charge >= 0.3 is 12.0 Å². The van der Waals surface area contributed by atoms with Gasteiger partial charge in [0.05, 0.1) is 6.10 Å². The summed E-state index contributed by atoms with van der Waals surface area (Å²) in [7, 11) is 0. The van der Waals surface area contributed by atoms with Crippen LogP contribution in [0.4, 0.5) is 10.5 Å². The van der Waals surface area contributed by atoms with Crippen molar-refractivity contribution < 1.29 is 19.8 Å². The summed E-state index contributed by atoms with van der Waals surface area (Å²) < 4.78 is 0. The molecule has 0 aromatic heterocycles. The Morgan fingerprint density at radius 1 is 1.32 bits per heavy atom. The molecule has 1 aromatic carbocycles.